The van der Waals surface area contributed by atoms with Gasteiger partial charge >= 0.3 is 68.9 Å². The Morgan fingerprint density at radius 1 is 0.500 bits per heavy atom. The van der Waals surface area contributed by atoms with E-state index in [1.54, 1.807) is 0 Å². The Bertz CT molecular complexity index is 4.00. The molecular formula is Al2Cu2+8. The van der Waals surface area contributed by atoms with Gasteiger partial charge in [-0.05, 0) is 0 Å². The maximum Gasteiger partial charge on any atom is 3.00 e. The Balaban J connectivity index is 0. The van der Waals surface area contributed by atoms with Crippen LogP contribution in [0.1, 0.15) is 0 Å². The summed E-state index contributed by atoms with van der Waals surface area (Å²) >= 11 is 0. The maximum atomic E-state index is 0. The molecule has 0 atom stereocenters. The molecule has 4 heavy (non-hydrogen) atoms. The van der Waals surface area contributed by atoms with Gasteiger partial charge in [-0.1, -0.05) is 0 Å². The average Bonchev–Trinajstić information content (AvgIpc) is 0. The Labute approximate surface area is 68.3 Å². The van der Waals surface area contributed by atoms with Crippen LogP contribution in [0.2, 0.25) is 0 Å². The maximum absolute atomic E-state index is 0. The van der Waals surface area contributed by atoms with Crippen molar-refractivity contribution in [2.45, 2.75) is 0 Å². The fourth-order valence-corrected chi connectivity index (χ4v) is 0. The van der Waals surface area contributed by atoms with Crippen LogP contribution in [0.25, 0.3) is 0 Å². The third kappa shape index (κ3) is 8.93. The Morgan fingerprint density at radius 3 is 0.500 bits per heavy atom. The van der Waals surface area contributed by atoms with Crippen LogP contribution in [-0.2, 0) is 34.1 Å². The van der Waals surface area contributed by atoms with E-state index in [0.717, 1.165) is 0 Å². The molecule has 4 heteroatoms. The van der Waals surface area contributed by atoms with Crippen molar-refractivity contribution in [1.82, 2.24) is 0 Å². The third-order valence-corrected chi connectivity index (χ3v) is 0. The van der Waals surface area contributed by atoms with Crippen LogP contribution >= 0.6 is 0 Å². The molecule has 0 amide bonds. The van der Waals surface area contributed by atoms with E-state index in [1.807, 2.05) is 0 Å². The normalized spacial score (nSPS) is 0. The molecule has 0 spiro atoms. The summed E-state index contributed by atoms with van der Waals surface area (Å²) in [5.74, 6) is 0. The predicted molar refractivity (Wildman–Crippen MR) is 11.5 cm³/mol. The van der Waals surface area contributed by atoms with E-state index in [-0.39, 0.29) is 68.9 Å². The summed E-state index contributed by atoms with van der Waals surface area (Å²) in [4.78, 5) is 0. The molecule has 0 aliphatic heterocycles. The molecule has 0 aromatic carbocycles. The first-order valence-electron chi connectivity index (χ1n) is 0. The van der Waals surface area contributed by atoms with Gasteiger partial charge in [0.2, 0.25) is 0 Å². The first-order chi connectivity index (χ1) is 0. The molecule has 0 unspecified atom stereocenters. The standard InChI is InChI=1S/2Al.2Cu/q2*+3;2*+1. The largest absolute Gasteiger partial charge is 3.00 e. The molecule has 0 heterocycles. The van der Waals surface area contributed by atoms with Crippen LogP contribution < -0.4 is 0 Å². The summed E-state index contributed by atoms with van der Waals surface area (Å²) in [7, 11) is 0. The quantitative estimate of drug-likeness (QED) is 0.430. The molecule has 0 bridgehead atoms. The molecule has 0 aliphatic carbocycles. The molecule has 0 aromatic heterocycles. The molecule has 0 saturated heterocycles. The van der Waals surface area contributed by atoms with Gasteiger partial charge < -0.3 is 0 Å². The monoisotopic (exact) mass is 180 g/mol. The second-order valence-corrected chi connectivity index (χ2v) is 0. The molecule has 0 fully saturated rings. The fraction of sp³-hybridized carbons (Fsp3) is 0. The van der Waals surface area contributed by atoms with E-state index < -0.39 is 0 Å². The van der Waals surface area contributed by atoms with E-state index in [4.69, 9.17) is 0 Å². The summed E-state index contributed by atoms with van der Waals surface area (Å²) in [6.45, 7) is 0. The topological polar surface area (TPSA) is 0 Å². The summed E-state index contributed by atoms with van der Waals surface area (Å²) in [6, 6.07) is 0. The molecular weight excluding hydrogens is 181 g/mol. The molecule has 0 radical (unpaired) electrons. The smallest absolute Gasteiger partial charge is 1.00 e. The van der Waals surface area contributed by atoms with E-state index in [1.165, 1.54) is 0 Å². The van der Waals surface area contributed by atoms with Crippen LogP contribution in [-0.4, -0.2) is 34.7 Å². The van der Waals surface area contributed by atoms with Crippen molar-refractivity contribution in [2.75, 3.05) is 0 Å². The zero-order valence-corrected chi connectivity index (χ0v) is 5.95. The van der Waals surface area contributed by atoms with Crippen molar-refractivity contribution >= 4 is 34.7 Å². The van der Waals surface area contributed by atoms with Gasteiger partial charge in [0.25, 0.3) is 0 Å². The van der Waals surface area contributed by atoms with Gasteiger partial charge in [0.05, 0.1) is 0 Å². The average molecular weight is 181 g/mol. The summed E-state index contributed by atoms with van der Waals surface area (Å²) in [5, 5.41) is 0. The van der Waals surface area contributed by atoms with Gasteiger partial charge in [0, 0.05) is 0 Å². The van der Waals surface area contributed by atoms with Crippen LogP contribution in [0.3, 0.4) is 0 Å². The van der Waals surface area contributed by atoms with Crippen LogP contribution in [0.4, 0.5) is 0 Å². The fourth-order valence-electron chi connectivity index (χ4n) is 0. The summed E-state index contributed by atoms with van der Waals surface area (Å²) in [6.07, 6.45) is 0. The van der Waals surface area contributed by atoms with Crippen LogP contribution in [0.15, 0.2) is 0 Å². The minimum absolute atomic E-state index is 0. The van der Waals surface area contributed by atoms with Gasteiger partial charge in [-0.3, -0.25) is 0 Å². The number of hydrogen-bond donors (Lipinski definition) is 0. The van der Waals surface area contributed by atoms with Gasteiger partial charge in [-0.2, -0.15) is 0 Å². The van der Waals surface area contributed by atoms with Crippen LogP contribution in [0, 0.1) is 0 Å². The second kappa shape index (κ2) is 19.4. The predicted octanol–water partition coefficient (Wildman–Crippen LogP) is -0.767. The Kier molecular flexibility index (Phi) is 174. The zero-order valence-electron chi connectivity index (χ0n) is 1.76. The number of hydrogen-bond acceptors (Lipinski definition) is 0. The van der Waals surface area contributed by atoms with Gasteiger partial charge in [-0.25, -0.2) is 0 Å². The Morgan fingerprint density at radius 2 is 0.500 bits per heavy atom. The van der Waals surface area contributed by atoms with Crippen molar-refractivity contribution in [1.29, 1.82) is 0 Å². The SMILES string of the molecule is [Al+3].[Al+3].[Cu+].[Cu+]. The first-order valence-corrected chi connectivity index (χ1v) is 0. The second-order valence-electron chi connectivity index (χ2n) is 0. The minimum atomic E-state index is 0. The van der Waals surface area contributed by atoms with Gasteiger partial charge in [-0.15, -0.1) is 0 Å². The van der Waals surface area contributed by atoms with E-state index in [9.17, 15) is 0 Å². The molecule has 20 valence electrons. The molecule has 0 N–H and O–H groups in total. The zero-order chi connectivity index (χ0) is 0. The first kappa shape index (κ1) is 35.9. The van der Waals surface area contributed by atoms with Gasteiger partial charge in [0.1, 0.15) is 0 Å². The minimum Gasteiger partial charge on any atom is 1.00 e. The Hall–Kier alpha value is 2.10. The van der Waals surface area contributed by atoms with Crippen molar-refractivity contribution in [3.8, 4) is 0 Å². The van der Waals surface area contributed by atoms with Crippen molar-refractivity contribution in [2.24, 2.45) is 0 Å². The van der Waals surface area contributed by atoms with E-state index >= 15 is 0 Å². The van der Waals surface area contributed by atoms with Crippen LogP contribution in [0.5, 0.6) is 0 Å². The van der Waals surface area contributed by atoms with Gasteiger partial charge in [0.15, 0.2) is 0 Å². The van der Waals surface area contributed by atoms with Crippen molar-refractivity contribution in [3.63, 3.8) is 0 Å². The summed E-state index contributed by atoms with van der Waals surface area (Å²) < 4.78 is 0. The van der Waals surface area contributed by atoms with E-state index in [2.05, 4.69) is 0 Å². The number of rotatable bonds is 0. The molecule has 0 nitrogen and oxygen atoms in total. The molecule has 0 saturated carbocycles. The summed E-state index contributed by atoms with van der Waals surface area (Å²) in [5.41, 5.74) is 0. The molecule has 0 rings (SSSR count). The van der Waals surface area contributed by atoms with Crippen molar-refractivity contribution < 1.29 is 34.1 Å². The molecule has 0 aliphatic rings. The van der Waals surface area contributed by atoms with Crippen molar-refractivity contribution in [3.05, 3.63) is 0 Å². The molecule has 0 aromatic rings. The third-order valence-electron chi connectivity index (χ3n) is 0. The van der Waals surface area contributed by atoms with E-state index in [0.29, 0.717) is 0 Å².